The van der Waals surface area contributed by atoms with E-state index in [0.29, 0.717) is 6.61 Å². The Balaban J connectivity index is 2.11. The van der Waals surface area contributed by atoms with Crippen LogP contribution in [0.1, 0.15) is 6.92 Å². The number of aliphatic hydroxyl groups is 1. The fourth-order valence-corrected chi connectivity index (χ4v) is 1.98. The maximum Gasteiger partial charge on any atom is 0.127 e. The van der Waals surface area contributed by atoms with Crippen LogP contribution in [0.15, 0.2) is 42.5 Å². The van der Waals surface area contributed by atoms with Gasteiger partial charge in [0.2, 0.25) is 0 Å². The second-order valence-electron chi connectivity index (χ2n) is 4.23. The van der Waals surface area contributed by atoms with E-state index in [1.807, 2.05) is 37.3 Å². The highest BCUT2D eigenvalue weighted by atomic mass is 16.5. The van der Waals surface area contributed by atoms with E-state index in [-0.39, 0.29) is 12.6 Å². The molecular formula is C15H19NO2. The molecule has 0 fully saturated rings. The van der Waals surface area contributed by atoms with Gasteiger partial charge in [0.15, 0.2) is 0 Å². The summed E-state index contributed by atoms with van der Waals surface area (Å²) in [6, 6.07) is 14.1. The first-order valence-electron chi connectivity index (χ1n) is 6.30. The summed E-state index contributed by atoms with van der Waals surface area (Å²) in [5.41, 5.74) is 0. The Morgan fingerprint density at radius 3 is 2.72 bits per heavy atom. The molecule has 96 valence electrons. The van der Waals surface area contributed by atoms with Gasteiger partial charge >= 0.3 is 0 Å². The van der Waals surface area contributed by atoms with Crippen LogP contribution in [0.2, 0.25) is 0 Å². The molecule has 3 heteroatoms. The SMILES string of the molecule is CCNC(CO)COc1cccc2ccccc12. The van der Waals surface area contributed by atoms with E-state index >= 15 is 0 Å². The lowest BCUT2D eigenvalue weighted by atomic mass is 10.1. The number of hydrogen-bond acceptors (Lipinski definition) is 3. The van der Waals surface area contributed by atoms with E-state index in [4.69, 9.17) is 4.74 Å². The topological polar surface area (TPSA) is 41.5 Å². The minimum absolute atomic E-state index is 0.0195. The quantitative estimate of drug-likeness (QED) is 0.819. The molecule has 18 heavy (non-hydrogen) atoms. The molecule has 0 saturated carbocycles. The zero-order valence-corrected chi connectivity index (χ0v) is 10.6. The van der Waals surface area contributed by atoms with Gasteiger partial charge in [0, 0.05) is 5.39 Å². The van der Waals surface area contributed by atoms with E-state index in [1.165, 1.54) is 5.39 Å². The molecule has 0 aliphatic rings. The molecule has 0 spiro atoms. The molecule has 0 saturated heterocycles. The number of benzene rings is 2. The van der Waals surface area contributed by atoms with Crippen LogP contribution in [0.25, 0.3) is 10.8 Å². The highest BCUT2D eigenvalue weighted by molar-refractivity contribution is 5.88. The lowest BCUT2D eigenvalue weighted by molar-refractivity contribution is 0.185. The average Bonchev–Trinajstić information content (AvgIpc) is 2.43. The monoisotopic (exact) mass is 245 g/mol. The minimum Gasteiger partial charge on any atom is -0.491 e. The number of nitrogens with one attached hydrogen (secondary N) is 1. The Hall–Kier alpha value is -1.58. The molecule has 0 heterocycles. The Kier molecular flexibility index (Phi) is 4.56. The van der Waals surface area contributed by atoms with Crippen molar-refractivity contribution in [2.24, 2.45) is 0 Å². The molecule has 0 bridgehead atoms. The number of aliphatic hydroxyl groups excluding tert-OH is 1. The standard InChI is InChI=1S/C15H19NO2/c1-2-16-13(10-17)11-18-15-9-5-7-12-6-3-4-8-14(12)15/h3-9,13,16-17H,2,10-11H2,1H3. The maximum atomic E-state index is 9.21. The van der Waals surface area contributed by atoms with Crippen molar-refractivity contribution in [2.75, 3.05) is 19.8 Å². The van der Waals surface area contributed by atoms with Crippen LogP contribution < -0.4 is 10.1 Å². The first-order chi connectivity index (χ1) is 8.85. The summed E-state index contributed by atoms with van der Waals surface area (Å²) >= 11 is 0. The Labute approximate surface area is 107 Å². The second-order valence-corrected chi connectivity index (χ2v) is 4.23. The molecule has 0 aliphatic heterocycles. The molecule has 0 amide bonds. The lowest BCUT2D eigenvalue weighted by Gasteiger charge is -2.16. The molecule has 2 N–H and O–H groups in total. The van der Waals surface area contributed by atoms with Gasteiger partial charge in [0.25, 0.3) is 0 Å². The van der Waals surface area contributed by atoms with Crippen molar-refractivity contribution in [1.29, 1.82) is 0 Å². The Morgan fingerprint density at radius 2 is 1.94 bits per heavy atom. The van der Waals surface area contributed by atoms with Crippen molar-refractivity contribution in [2.45, 2.75) is 13.0 Å². The van der Waals surface area contributed by atoms with E-state index in [2.05, 4.69) is 17.4 Å². The largest absolute Gasteiger partial charge is 0.491 e. The summed E-state index contributed by atoms with van der Waals surface area (Å²) in [6.07, 6.45) is 0. The summed E-state index contributed by atoms with van der Waals surface area (Å²) in [7, 11) is 0. The van der Waals surface area contributed by atoms with Gasteiger partial charge in [-0.15, -0.1) is 0 Å². The zero-order chi connectivity index (χ0) is 12.8. The zero-order valence-electron chi connectivity index (χ0n) is 10.6. The number of rotatable bonds is 6. The molecule has 3 nitrogen and oxygen atoms in total. The highest BCUT2D eigenvalue weighted by Crippen LogP contribution is 2.25. The van der Waals surface area contributed by atoms with Crippen LogP contribution in [0.3, 0.4) is 0 Å². The minimum atomic E-state index is -0.0195. The van der Waals surface area contributed by atoms with Crippen LogP contribution >= 0.6 is 0 Å². The van der Waals surface area contributed by atoms with Crippen molar-refractivity contribution in [3.63, 3.8) is 0 Å². The van der Waals surface area contributed by atoms with E-state index in [9.17, 15) is 5.11 Å². The van der Waals surface area contributed by atoms with Crippen molar-refractivity contribution in [1.82, 2.24) is 5.32 Å². The van der Waals surface area contributed by atoms with Crippen LogP contribution in [0, 0.1) is 0 Å². The number of ether oxygens (including phenoxy) is 1. The van der Waals surface area contributed by atoms with Crippen molar-refractivity contribution < 1.29 is 9.84 Å². The van der Waals surface area contributed by atoms with Gasteiger partial charge in [0.05, 0.1) is 12.6 Å². The smallest absolute Gasteiger partial charge is 0.127 e. The molecule has 0 aromatic heterocycles. The van der Waals surface area contributed by atoms with Gasteiger partial charge in [-0.25, -0.2) is 0 Å². The first kappa shape index (κ1) is 12.9. The summed E-state index contributed by atoms with van der Waals surface area (Å²) in [5.74, 6) is 0.865. The fourth-order valence-electron chi connectivity index (χ4n) is 1.98. The molecule has 0 aliphatic carbocycles. The van der Waals surface area contributed by atoms with Crippen LogP contribution in [-0.2, 0) is 0 Å². The van der Waals surface area contributed by atoms with E-state index in [1.54, 1.807) is 0 Å². The molecule has 2 aromatic carbocycles. The summed E-state index contributed by atoms with van der Waals surface area (Å²) in [4.78, 5) is 0. The van der Waals surface area contributed by atoms with Crippen LogP contribution in [-0.4, -0.2) is 30.9 Å². The predicted octanol–water partition coefficient (Wildman–Crippen LogP) is 2.19. The first-order valence-corrected chi connectivity index (χ1v) is 6.30. The summed E-state index contributed by atoms with van der Waals surface area (Å²) in [5, 5.41) is 14.7. The summed E-state index contributed by atoms with van der Waals surface area (Å²) < 4.78 is 5.80. The van der Waals surface area contributed by atoms with Gasteiger partial charge in [-0.2, -0.15) is 0 Å². The molecular weight excluding hydrogens is 226 g/mol. The van der Waals surface area contributed by atoms with Crippen molar-refractivity contribution in [3.05, 3.63) is 42.5 Å². The molecule has 1 unspecified atom stereocenters. The van der Waals surface area contributed by atoms with Gasteiger partial charge in [-0.3, -0.25) is 0 Å². The Morgan fingerprint density at radius 1 is 1.17 bits per heavy atom. The van der Waals surface area contributed by atoms with Gasteiger partial charge < -0.3 is 15.2 Å². The molecule has 2 rings (SSSR count). The molecule has 1 atom stereocenters. The highest BCUT2D eigenvalue weighted by Gasteiger charge is 2.07. The van der Waals surface area contributed by atoms with E-state index in [0.717, 1.165) is 17.7 Å². The number of fused-ring (bicyclic) bond motifs is 1. The van der Waals surface area contributed by atoms with Crippen LogP contribution in [0.5, 0.6) is 5.75 Å². The van der Waals surface area contributed by atoms with Crippen LogP contribution in [0.4, 0.5) is 0 Å². The molecule has 0 radical (unpaired) electrons. The van der Waals surface area contributed by atoms with Crippen molar-refractivity contribution >= 4 is 10.8 Å². The van der Waals surface area contributed by atoms with Crippen molar-refractivity contribution in [3.8, 4) is 5.75 Å². The number of likely N-dealkylation sites (N-methyl/N-ethyl adjacent to an activating group) is 1. The van der Waals surface area contributed by atoms with E-state index < -0.39 is 0 Å². The fraction of sp³-hybridized carbons (Fsp3) is 0.333. The normalized spacial score (nSPS) is 12.6. The third-order valence-corrected chi connectivity index (χ3v) is 2.90. The third kappa shape index (κ3) is 3.00. The van der Waals surface area contributed by atoms with Gasteiger partial charge in [-0.05, 0) is 18.0 Å². The lowest BCUT2D eigenvalue weighted by Crippen LogP contribution is -2.37. The Bertz CT molecular complexity index is 493. The summed E-state index contributed by atoms with van der Waals surface area (Å²) in [6.45, 7) is 3.39. The molecule has 2 aromatic rings. The third-order valence-electron chi connectivity index (χ3n) is 2.90. The van der Waals surface area contributed by atoms with Gasteiger partial charge in [0.1, 0.15) is 12.4 Å². The second kappa shape index (κ2) is 6.38. The predicted molar refractivity (Wildman–Crippen MR) is 74.0 cm³/mol. The maximum absolute atomic E-state index is 9.21. The van der Waals surface area contributed by atoms with Gasteiger partial charge in [-0.1, -0.05) is 43.3 Å². The average molecular weight is 245 g/mol. The number of hydrogen-bond donors (Lipinski definition) is 2.